The minimum Gasteiger partial charge on any atom is -0.335 e. The molecule has 0 fully saturated rings. The molecule has 0 radical (unpaired) electrons. The van der Waals surface area contributed by atoms with Crippen LogP contribution in [0.1, 0.15) is 25.5 Å². The summed E-state index contributed by atoms with van der Waals surface area (Å²) < 4.78 is 0. The van der Waals surface area contributed by atoms with Crippen LogP contribution in [-0.4, -0.2) is 18.0 Å². The van der Waals surface area contributed by atoms with Crippen LogP contribution in [0.15, 0.2) is 24.3 Å². The van der Waals surface area contributed by atoms with Crippen molar-refractivity contribution in [3.63, 3.8) is 0 Å². The van der Waals surface area contributed by atoms with E-state index in [2.05, 4.69) is 29.7 Å². The minimum atomic E-state index is 0. The lowest BCUT2D eigenvalue weighted by Gasteiger charge is -2.13. The molecule has 0 heterocycles. The summed E-state index contributed by atoms with van der Waals surface area (Å²) in [5, 5.41) is 14.5. The number of anilines is 1. The summed E-state index contributed by atoms with van der Waals surface area (Å²) in [5.41, 5.74) is 2.20. The van der Waals surface area contributed by atoms with Crippen LogP contribution in [0, 0.1) is 5.41 Å². The normalized spacial score (nSPS) is 10.8. The quantitative estimate of drug-likeness (QED) is 0.584. The molecule has 1 atom stereocenters. The minimum absolute atomic E-state index is 0. The molecule has 3 nitrogen and oxygen atoms in total. The van der Waals surface area contributed by atoms with Gasteiger partial charge in [-0.2, -0.15) is 0 Å². The van der Waals surface area contributed by atoms with Crippen molar-refractivity contribution in [2.45, 2.75) is 19.9 Å². The standard InChI is InChI=1S/C12H19N3S.2ClH/c1-4-16-12(13)15-11-7-5-6-10(8-11)9(2)14-3;;/h5-9,14H,4H2,1-3H3,(H2,13,15);2*1H. The lowest BCUT2D eigenvalue weighted by atomic mass is 10.1. The molecule has 1 rings (SSSR count). The molecule has 0 aliphatic carbocycles. The van der Waals surface area contributed by atoms with Gasteiger partial charge in [0.25, 0.3) is 0 Å². The monoisotopic (exact) mass is 309 g/mol. The Morgan fingerprint density at radius 3 is 2.61 bits per heavy atom. The SMILES string of the molecule is CCSC(=N)Nc1cccc(C(C)NC)c1.Cl.Cl. The molecule has 0 aliphatic rings. The summed E-state index contributed by atoms with van der Waals surface area (Å²) in [7, 11) is 1.94. The summed E-state index contributed by atoms with van der Waals surface area (Å²) >= 11 is 1.50. The van der Waals surface area contributed by atoms with Gasteiger partial charge in [-0.3, -0.25) is 5.41 Å². The van der Waals surface area contributed by atoms with Gasteiger partial charge in [-0.25, -0.2) is 0 Å². The maximum absolute atomic E-state index is 7.69. The summed E-state index contributed by atoms with van der Waals surface area (Å²) in [6.07, 6.45) is 0. The number of rotatable bonds is 4. The van der Waals surface area contributed by atoms with Gasteiger partial charge >= 0.3 is 0 Å². The van der Waals surface area contributed by atoms with Crippen molar-refractivity contribution in [3.8, 4) is 0 Å². The Kier molecular flexibility index (Phi) is 11.6. The number of hydrogen-bond donors (Lipinski definition) is 3. The number of halogens is 2. The molecular weight excluding hydrogens is 289 g/mol. The van der Waals surface area contributed by atoms with Gasteiger partial charge in [0.15, 0.2) is 5.17 Å². The van der Waals surface area contributed by atoms with E-state index in [1.54, 1.807) is 0 Å². The summed E-state index contributed by atoms with van der Waals surface area (Å²) in [4.78, 5) is 0. The van der Waals surface area contributed by atoms with Crippen LogP contribution in [0.2, 0.25) is 0 Å². The van der Waals surface area contributed by atoms with Crippen molar-refractivity contribution in [1.29, 1.82) is 5.41 Å². The third kappa shape index (κ3) is 6.50. The van der Waals surface area contributed by atoms with E-state index in [-0.39, 0.29) is 24.8 Å². The molecule has 0 amide bonds. The van der Waals surface area contributed by atoms with E-state index >= 15 is 0 Å². The first-order chi connectivity index (χ1) is 7.67. The van der Waals surface area contributed by atoms with Gasteiger partial charge in [-0.1, -0.05) is 30.8 Å². The van der Waals surface area contributed by atoms with Gasteiger partial charge in [-0.15, -0.1) is 24.8 Å². The fourth-order valence-corrected chi connectivity index (χ4v) is 1.84. The van der Waals surface area contributed by atoms with Crippen LogP contribution < -0.4 is 10.6 Å². The highest BCUT2D eigenvalue weighted by Gasteiger charge is 2.03. The van der Waals surface area contributed by atoms with E-state index in [0.29, 0.717) is 11.2 Å². The zero-order chi connectivity index (χ0) is 12.0. The first-order valence-electron chi connectivity index (χ1n) is 5.43. The van der Waals surface area contributed by atoms with Crippen molar-refractivity contribution < 1.29 is 0 Å². The highest BCUT2D eigenvalue weighted by Crippen LogP contribution is 2.18. The van der Waals surface area contributed by atoms with E-state index in [4.69, 9.17) is 5.41 Å². The van der Waals surface area contributed by atoms with Gasteiger partial charge in [-0.05, 0) is 37.4 Å². The Labute approximate surface area is 126 Å². The number of benzene rings is 1. The molecule has 0 spiro atoms. The third-order valence-electron chi connectivity index (χ3n) is 2.37. The lowest BCUT2D eigenvalue weighted by molar-refractivity contribution is 0.652. The molecule has 3 N–H and O–H groups in total. The molecule has 6 heteroatoms. The summed E-state index contributed by atoms with van der Waals surface area (Å²) in [5.74, 6) is 0.915. The van der Waals surface area contributed by atoms with Gasteiger partial charge in [0.1, 0.15) is 0 Å². The Morgan fingerprint density at radius 2 is 2.06 bits per heavy atom. The van der Waals surface area contributed by atoms with Crippen LogP contribution in [0.4, 0.5) is 5.69 Å². The Hall–Kier alpha value is -0.420. The smallest absolute Gasteiger partial charge is 0.158 e. The maximum Gasteiger partial charge on any atom is 0.158 e. The lowest BCUT2D eigenvalue weighted by Crippen LogP contribution is -2.13. The second kappa shape index (κ2) is 10.5. The van der Waals surface area contributed by atoms with Crippen molar-refractivity contribution in [2.24, 2.45) is 0 Å². The van der Waals surface area contributed by atoms with Gasteiger partial charge < -0.3 is 10.6 Å². The highest BCUT2D eigenvalue weighted by atomic mass is 35.5. The van der Waals surface area contributed by atoms with Crippen LogP contribution in [-0.2, 0) is 0 Å². The molecule has 104 valence electrons. The maximum atomic E-state index is 7.69. The predicted molar refractivity (Wildman–Crippen MR) is 87.9 cm³/mol. The van der Waals surface area contributed by atoms with E-state index in [1.807, 2.05) is 26.1 Å². The molecular formula is C12H21Cl2N3S. The van der Waals surface area contributed by atoms with Crippen molar-refractivity contribution in [3.05, 3.63) is 29.8 Å². The number of hydrogen-bond acceptors (Lipinski definition) is 3. The highest BCUT2D eigenvalue weighted by molar-refractivity contribution is 8.14. The topological polar surface area (TPSA) is 47.9 Å². The molecule has 0 aromatic heterocycles. The molecule has 1 unspecified atom stereocenters. The zero-order valence-electron chi connectivity index (χ0n) is 10.8. The number of nitrogens with one attached hydrogen (secondary N) is 3. The Morgan fingerprint density at radius 1 is 1.39 bits per heavy atom. The molecule has 1 aromatic carbocycles. The molecule has 18 heavy (non-hydrogen) atoms. The van der Waals surface area contributed by atoms with Crippen LogP contribution in [0.25, 0.3) is 0 Å². The predicted octanol–water partition coefficient (Wildman–Crippen LogP) is 3.91. The first-order valence-corrected chi connectivity index (χ1v) is 6.41. The molecule has 1 aromatic rings. The fraction of sp³-hybridized carbons (Fsp3) is 0.417. The van der Waals surface area contributed by atoms with Crippen LogP contribution >= 0.6 is 36.6 Å². The Balaban J connectivity index is 0. The van der Waals surface area contributed by atoms with Crippen molar-refractivity contribution in [2.75, 3.05) is 18.1 Å². The summed E-state index contributed by atoms with van der Waals surface area (Å²) in [6, 6.07) is 8.48. The largest absolute Gasteiger partial charge is 0.335 e. The first kappa shape index (κ1) is 19.9. The third-order valence-corrected chi connectivity index (χ3v) is 3.05. The van der Waals surface area contributed by atoms with E-state index in [1.165, 1.54) is 17.3 Å². The average molecular weight is 310 g/mol. The fourth-order valence-electron chi connectivity index (χ4n) is 1.36. The number of thioether (sulfide) groups is 1. The van der Waals surface area contributed by atoms with E-state index in [0.717, 1.165) is 11.4 Å². The van der Waals surface area contributed by atoms with E-state index in [9.17, 15) is 0 Å². The molecule has 0 bridgehead atoms. The zero-order valence-corrected chi connectivity index (χ0v) is 13.3. The summed E-state index contributed by atoms with van der Waals surface area (Å²) in [6.45, 7) is 4.16. The van der Waals surface area contributed by atoms with Gasteiger partial charge in [0.2, 0.25) is 0 Å². The second-order valence-corrected chi connectivity index (χ2v) is 4.80. The van der Waals surface area contributed by atoms with Crippen molar-refractivity contribution >= 4 is 47.4 Å². The van der Waals surface area contributed by atoms with Crippen LogP contribution in [0.3, 0.4) is 0 Å². The Bertz CT molecular complexity index is 361. The molecule has 0 saturated heterocycles. The van der Waals surface area contributed by atoms with E-state index < -0.39 is 0 Å². The van der Waals surface area contributed by atoms with Gasteiger partial charge in [0, 0.05) is 11.7 Å². The van der Waals surface area contributed by atoms with Crippen molar-refractivity contribution in [1.82, 2.24) is 5.32 Å². The molecule has 0 aliphatic heterocycles. The van der Waals surface area contributed by atoms with Crippen LogP contribution in [0.5, 0.6) is 0 Å². The number of amidine groups is 1. The van der Waals surface area contributed by atoms with Gasteiger partial charge in [0.05, 0.1) is 0 Å². The second-order valence-electron chi connectivity index (χ2n) is 3.52. The average Bonchev–Trinajstić information content (AvgIpc) is 2.28. The molecule has 0 saturated carbocycles.